The van der Waals surface area contributed by atoms with Crippen molar-refractivity contribution >= 4 is 35.4 Å². The lowest BCUT2D eigenvalue weighted by atomic mass is 10.1. The molecular formula is C8H8BBrFNO. The van der Waals surface area contributed by atoms with Gasteiger partial charge in [0.2, 0.25) is 5.91 Å². The zero-order valence-corrected chi connectivity index (χ0v) is 8.69. The van der Waals surface area contributed by atoms with Gasteiger partial charge in [-0.05, 0) is 24.5 Å². The van der Waals surface area contributed by atoms with Gasteiger partial charge in [-0.25, -0.2) is 4.39 Å². The molecule has 0 saturated carbocycles. The fourth-order valence-corrected chi connectivity index (χ4v) is 1.16. The summed E-state index contributed by atoms with van der Waals surface area (Å²) < 4.78 is 13.8. The van der Waals surface area contributed by atoms with Gasteiger partial charge < -0.3 is 5.32 Å². The van der Waals surface area contributed by atoms with Gasteiger partial charge in [0, 0.05) is 4.47 Å². The Morgan fingerprint density at radius 3 is 2.85 bits per heavy atom. The van der Waals surface area contributed by atoms with Gasteiger partial charge in [0.05, 0.1) is 5.69 Å². The first kappa shape index (κ1) is 10.2. The summed E-state index contributed by atoms with van der Waals surface area (Å²) in [6, 6.07) is 4.51. The van der Waals surface area contributed by atoms with E-state index in [1.807, 2.05) is 0 Å². The molecule has 0 heterocycles. The van der Waals surface area contributed by atoms with Crippen LogP contribution in [0.3, 0.4) is 0 Å². The second kappa shape index (κ2) is 4.41. The third kappa shape index (κ3) is 2.84. The molecule has 0 spiro atoms. The number of nitrogens with one attached hydrogen (secondary N) is 1. The molecule has 0 unspecified atom stereocenters. The SMILES string of the molecule is BCC(=O)Nc1ccc(Br)cc1F. The van der Waals surface area contributed by atoms with Crippen LogP contribution < -0.4 is 5.32 Å². The Bertz CT molecular complexity index is 332. The minimum absolute atomic E-state index is 0.193. The highest BCUT2D eigenvalue weighted by molar-refractivity contribution is 9.10. The molecule has 0 aliphatic carbocycles. The maximum Gasteiger partial charge on any atom is 0.216 e. The molecular weight excluding hydrogens is 236 g/mol. The Morgan fingerprint density at radius 2 is 2.31 bits per heavy atom. The van der Waals surface area contributed by atoms with Gasteiger partial charge in [-0.1, -0.05) is 15.9 Å². The molecule has 0 aliphatic rings. The van der Waals surface area contributed by atoms with Crippen LogP contribution in [0.5, 0.6) is 0 Å². The Balaban J connectivity index is 2.83. The van der Waals surface area contributed by atoms with Crippen molar-refractivity contribution in [2.24, 2.45) is 0 Å². The highest BCUT2D eigenvalue weighted by Gasteiger charge is 2.04. The summed E-state index contributed by atoms with van der Waals surface area (Å²) in [5.74, 6) is -0.627. The first-order chi connectivity index (χ1) is 6.13. The summed E-state index contributed by atoms with van der Waals surface area (Å²) in [6.07, 6.45) is 0.343. The molecule has 0 bridgehead atoms. The van der Waals surface area contributed by atoms with Gasteiger partial charge in [0.25, 0.3) is 0 Å². The average Bonchev–Trinajstić information content (AvgIpc) is 2.09. The van der Waals surface area contributed by atoms with E-state index in [4.69, 9.17) is 0 Å². The number of hydrogen-bond acceptors (Lipinski definition) is 1. The first-order valence-corrected chi connectivity index (χ1v) is 4.67. The number of hydrogen-bond donors (Lipinski definition) is 1. The normalized spacial score (nSPS) is 9.69. The van der Waals surface area contributed by atoms with Crippen molar-refractivity contribution in [3.8, 4) is 0 Å². The Labute approximate surface area is 85.1 Å². The Morgan fingerprint density at radius 1 is 1.62 bits per heavy atom. The van der Waals surface area contributed by atoms with E-state index in [1.54, 1.807) is 13.9 Å². The van der Waals surface area contributed by atoms with Crippen molar-refractivity contribution in [3.63, 3.8) is 0 Å². The molecule has 0 aliphatic heterocycles. The number of carbonyl (C=O) groups is 1. The van der Waals surface area contributed by atoms with Crippen molar-refractivity contribution in [2.75, 3.05) is 5.32 Å². The van der Waals surface area contributed by atoms with Gasteiger partial charge in [0.1, 0.15) is 13.7 Å². The van der Waals surface area contributed by atoms with Crippen LogP contribution in [-0.2, 0) is 4.79 Å². The van der Waals surface area contributed by atoms with Crippen molar-refractivity contribution in [2.45, 2.75) is 6.32 Å². The highest BCUT2D eigenvalue weighted by atomic mass is 79.9. The first-order valence-electron chi connectivity index (χ1n) is 3.88. The van der Waals surface area contributed by atoms with Crippen LogP contribution in [-0.4, -0.2) is 13.8 Å². The number of rotatable bonds is 2. The summed E-state index contributed by atoms with van der Waals surface area (Å²) in [4.78, 5) is 10.9. The van der Waals surface area contributed by atoms with Gasteiger partial charge >= 0.3 is 0 Å². The molecule has 1 aromatic rings. The predicted octanol–water partition coefficient (Wildman–Crippen LogP) is 1.58. The second-order valence-corrected chi connectivity index (χ2v) is 3.44. The summed E-state index contributed by atoms with van der Waals surface area (Å²) in [7, 11) is 1.71. The predicted molar refractivity (Wildman–Crippen MR) is 56.1 cm³/mol. The second-order valence-electron chi connectivity index (χ2n) is 2.53. The summed E-state index contributed by atoms with van der Waals surface area (Å²) in [5.41, 5.74) is 0.218. The minimum atomic E-state index is -0.434. The smallest absolute Gasteiger partial charge is 0.216 e. The fourth-order valence-electron chi connectivity index (χ4n) is 0.829. The molecule has 68 valence electrons. The molecule has 0 saturated heterocycles. The van der Waals surface area contributed by atoms with Crippen LogP contribution in [0.1, 0.15) is 0 Å². The third-order valence-electron chi connectivity index (χ3n) is 1.53. The number of benzene rings is 1. The van der Waals surface area contributed by atoms with Crippen LogP contribution >= 0.6 is 15.9 Å². The van der Waals surface area contributed by atoms with Crippen LogP contribution in [0.25, 0.3) is 0 Å². The zero-order valence-electron chi connectivity index (χ0n) is 7.10. The van der Waals surface area contributed by atoms with Crippen molar-refractivity contribution in [1.82, 2.24) is 0 Å². The molecule has 1 N–H and O–H groups in total. The van der Waals surface area contributed by atoms with Gasteiger partial charge in [-0.15, -0.1) is 0 Å². The molecule has 0 fully saturated rings. The molecule has 5 heteroatoms. The van der Waals surface area contributed by atoms with E-state index in [0.29, 0.717) is 10.8 Å². The van der Waals surface area contributed by atoms with Crippen LogP contribution in [0.4, 0.5) is 10.1 Å². The minimum Gasteiger partial charge on any atom is -0.324 e. The standard InChI is InChI=1S/C8H8BBrFNO/c9-4-8(13)12-7-2-1-5(10)3-6(7)11/h1-3H,4,9H2,(H,12,13). The van der Waals surface area contributed by atoms with Gasteiger partial charge in [-0.2, -0.15) is 0 Å². The van der Waals surface area contributed by atoms with E-state index >= 15 is 0 Å². The van der Waals surface area contributed by atoms with Crippen LogP contribution in [0.2, 0.25) is 6.32 Å². The topological polar surface area (TPSA) is 29.1 Å². The third-order valence-corrected chi connectivity index (χ3v) is 2.02. The molecule has 2 nitrogen and oxygen atoms in total. The quantitative estimate of drug-likeness (QED) is 0.786. The fraction of sp³-hybridized carbons (Fsp3) is 0.125. The lowest BCUT2D eigenvalue weighted by Gasteiger charge is -2.04. The highest BCUT2D eigenvalue weighted by Crippen LogP contribution is 2.19. The summed E-state index contributed by atoms with van der Waals surface area (Å²) in [6.45, 7) is 0. The van der Waals surface area contributed by atoms with E-state index in [9.17, 15) is 9.18 Å². The van der Waals surface area contributed by atoms with E-state index in [2.05, 4.69) is 21.2 Å². The van der Waals surface area contributed by atoms with Gasteiger partial charge in [0.15, 0.2) is 0 Å². The zero-order chi connectivity index (χ0) is 9.84. The number of amides is 1. The van der Waals surface area contributed by atoms with Crippen molar-refractivity contribution in [3.05, 3.63) is 28.5 Å². The average molecular weight is 244 g/mol. The summed E-state index contributed by atoms with van der Waals surface area (Å²) in [5, 5.41) is 2.45. The molecule has 0 radical (unpaired) electrons. The van der Waals surface area contributed by atoms with E-state index < -0.39 is 5.82 Å². The van der Waals surface area contributed by atoms with Crippen molar-refractivity contribution in [1.29, 1.82) is 0 Å². The number of anilines is 1. The molecule has 1 aromatic carbocycles. The largest absolute Gasteiger partial charge is 0.324 e. The van der Waals surface area contributed by atoms with E-state index in [-0.39, 0.29) is 11.6 Å². The Hall–Kier alpha value is -0.835. The monoisotopic (exact) mass is 243 g/mol. The molecule has 0 aromatic heterocycles. The van der Waals surface area contributed by atoms with E-state index in [0.717, 1.165) is 0 Å². The van der Waals surface area contributed by atoms with Crippen LogP contribution in [0, 0.1) is 5.82 Å². The number of halogens is 2. The van der Waals surface area contributed by atoms with Crippen molar-refractivity contribution < 1.29 is 9.18 Å². The lowest BCUT2D eigenvalue weighted by Crippen LogP contribution is -2.11. The maximum atomic E-state index is 13.1. The number of carbonyl (C=O) groups excluding carboxylic acids is 1. The lowest BCUT2D eigenvalue weighted by molar-refractivity contribution is -0.114. The summed E-state index contributed by atoms with van der Waals surface area (Å²) >= 11 is 3.13. The van der Waals surface area contributed by atoms with E-state index in [1.165, 1.54) is 12.1 Å². The molecule has 1 amide bonds. The molecule has 13 heavy (non-hydrogen) atoms. The molecule has 0 atom stereocenters. The van der Waals surface area contributed by atoms with Gasteiger partial charge in [-0.3, -0.25) is 4.79 Å². The maximum absolute atomic E-state index is 13.1. The molecule has 1 rings (SSSR count). The van der Waals surface area contributed by atoms with Crippen LogP contribution in [0.15, 0.2) is 22.7 Å². The Kier molecular flexibility index (Phi) is 3.48.